The summed E-state index contributed by atoms with van der Waals surface area (Å²) in [6, 6.07) is 67.0. The average molecular weight is 677 g/mol. The predicted molar refractivity (Wildman–Crippen MR) is 224 cm³/mol. The van der Waals surface area contributed by atoms with Crippen molar-refractivity contribution in [2.24, 2.45) is 0 Å². The maximum atomic E-state index is 2.50. The van der Waals surface area contributed by atoms with Gasteiger partial charge in [0.1, 0.15) is 0 Å². The van der Waals surface area contributed by atoms with E-state index >= 15 is 0 Å². The quantitative estimate of drug-likeness (QED) is 0.176. The number of aromatic nitrogens is 2. The van der Waals surface area contributed by atoms with E-state index in [1.165, 1.54) is 99.5 Å². The van der Waals surface area contributed by atoms with E-state index in [1.807, 2.05) is 0 Å². The molecule has 10 aromatic rings. The van der Waals surface area contributed by atoms with Gasteiger partial charge in [0.15, 0.2) is 0 Å². The normalized spacial score (nSPS) is 13.2. The fourth-order valence-corrected chi connectivity index (χ4v) is 9.40. The molecule has 0 aliphatic heterocycles. The lowest BCUT2D eigenvalue weighted by Gasteiger charge is -2.23. The number of hydrogen-bond acceptors (Lipinski definition) is 0. The van der Waals surface area contributed by atoms with Crippen molar-refractivity contribution in [3.8, 4) is 44.8 Å². The van der Waals surface area contributed by atoms with Gasteiger partial charge in [0.25, 0.3) is 0 Å². The summed E-state index contributed by atoms with van der Waals surface area (Å²) >= 11 is 0. The lowest BCUT2D eigenvalue weighted by molar-refractivity contribution is 0.661. The molecule has 0 radical (unpaired) electrons. The van der Waals surface area contributed by atoms with Crippen molar-refractivity contribution in [2.45, 2.75) is 19.3 Å². The maximum absolute atomic E-state index is 2.50. The number of nitrogens with zero attached hydrogens (tertiary/aromatic N) is 2. The Hall–Kier alpha value is -6.64. The second-order valence-corrected chi connectivity index (χ2v) is 14.9. The van der Waals surface area contributed by atoms with Gasteiger partial charge in [0.2, 0.25) is 0 Å². The van der Waals surface area contributed by atoms with Crippen LogP contribution in [-0.2, 0) is 5.41 Å². The summed E-state index contributed by atoms with van der Waals surface area (Å²) in [6.45, 7) is 4.80. The number of rotatable bonds is 4. The van der Waals surface area contributed by atoms with Crippen molar-refractivity contribution in [1.29, 1.82) is 0 Å². The molecule has 11 rings (SSSR count). The third-order valence-corrected chi connectivity index (χ3v) is 11.7. The minimum absolute atomic E-state index is 0.172. The Balaban J connectivity index is 1.27. The lowest BCUT2D eigenvalue weighted by Crippen LogP contribution is -2.15. The molecule has 2 heteroatoms. The van der Waals surface area contributed by atoms with Crippen LogP contribution in [0.3, 0.4) is 0 Å². The van der Waals surface area contributed by atoms with Gasteiger partial charge < -0.3 is 9.13 Å². The van der Waals surface area contributed by atoms with Crippen LogP contribution in [0.1, 0.15) is 25.0 Å². The third-order valence-electron chi connectivity index (χ3n) is 11.7. The van der Waals surface area contributed by atoms with Crippen LogP contribution in [0.4, 0.5) is 0 Å². The van der Waals surface area contributed by atoms with Crippen LogP contribution >= 0.6 is 0 Å². The zero-order valence-electron chi connectivity index (χ0n) is 29.7. The molecule has 0 saturated heterocycles. The summed E-state index contributed by atoms with van der Waals surface area (Å²) < 4.78 is 4.84. The molecular formula is C51H36N2. The molecule has 2 heterocycles. The first-order valence-electron chi connectivity index (χ1n) is 18.5. The number of para-hydroxylation sites is 4. The first kappa shape index (κ1) is 30.0. The highest BCUT2D eigenvalue weighted by molar-refractivity contribution is 6.19. The summed E-state index contributed by atoms with van der Waals surface area (Å²) in [5, 5.41) is 5.09. The van der Waals surface area contributed by atoms with E-state index < -0.39 is 0 Å². The molecule has 1 aliphatic rings. The molecule has 0 unspecified atom stereocenters. The number of fused-ring (bicyclic) bond motifs is 9. The topological polar surface area (TPSA) is 9.86 Å². The summed E-state index contributed by atoms with van der Waals surface area (Å²) in [7, 11) is 0. The van der Waals surface area contributed by atoms with E-state index in [-0.39, 0.29) is 5.41 Å². The van der Waals surface area contributed by atoms with E-state index in [1.54, 1.807) is 0 Å². The molecule has 1 aliphatic carbocycles. The summed E-state index contributed by atoms with van der Waals surface area (Å²) in [5.41, 5.74) is 17.5. The van der Waals surface area contributed by atoms with Crippen molar-refractivity contribution in [3.05, 3.63) is 193 Å². The molecule has 0 amide bonds. The zero-order chi connectivity index (χ0) is 35.3. The lowest BCUT2D eigenvalue weighted by atomic mass is 9.80. The minimum atomic E-state index is -0.172. The van der Waals surface area contributed by atoms with Crippen LogP contribution in [0.5, 0.6) is 0 Å². The molecule has 0 N–H and O–H groups in total. The van der Waals surface area contributed by atoms with Crippen molar-refractivity contribution in [3.63, 3.8) is 0 Å². The van der Waals surface area contributed by atoms with Crippen LogP contribution in [0.15, 0.2) is 182 Å². The minimum Gasteiger partial charge on any atom is -0.309 e. The van der Waals surface area contributed by atoms with Crippen LogP contribution in [0.2, 0.25) is 0 Å². The highest BCUT2D eigenvalue weighted by Gasteiger charge is 2.38. The first-order valence-corrected chi connectivity index (χ1v) is 18.5. The fraction of sp³-hybridized carbons (Fsp3) is 0.0588. The van der Waals surface area contributed by atoms with Crippen LogP contribution in [0.25, 0.3) is 88.4 Å². The van der Waals surface area contributed by atoms with Crippen LogP contribution in [-0.4, -0.2) is 9.13 Å². The maximum Gasteiger partial charge on any atom is 0.0547 e. The molecule has 250 valence electrons. The molecule has 2 aromatic heterocycles. The molecule has 53 heavy (non-hydrogen) atoms. The average Bonchev–Trinajstić information content (AvgIpc) is 3.82. The van der Waals surface area contributed by atoms with Gasteiger partial charge in [-0.05, 0) is 105 Å². The number of benzene rings is 8. The fourth-order valence-electron chi connectivity index (χ4n) is 9.40. The monoisotopic (exact) mass is 676 g/mol. The highest BCUT2D eigenvalue weighted by atomic mass is 15.0. The van der Waals surface area contributed by atoms with Gasteiger partial charge in [-0.15, -0.1) is 0 Å². The van der Waals surface area contributed by atoms with E-state index in [2.05, 4.69) is 205 Å². The Morgan fingerprint density at radius 1 is 0.358 bits per heavy atom. The van der Waals surface area contributed by atoms with E-state index in [4.69, 9.17) is 0 Å². The van der Waals surface area contributed by atoms with Crippen LogP contribution < -0.4 is 0 Å². The smallest absolute Gasteiger partial charge is 0.0547 e. The number of hydrogen-bond donors (Lipinski definition) is 0. The van der Waals surface area contributed by atoms with E-state index in [0.717, 1.165) is 0 Å². The molecular weight excluding hydrogens is 641 g/mol. The molecule has 0 fully saturated rings. The standard InChI is InChI=1S/C51H36N2/c1-51(2)42-26-12-9-21-38(42)48-41(37-25-16-30-47-50(37)40-23-11-14-28-45(40)53(47)35-19-7-4-8-20-35)31-33(32-43(48)51)36-24-15-29-46-49(36)39-22-10-13-27-44(39)52(46)34-17-5-3-6-18-34/h3-32H,1-2H3. The van der Waals surface area contributed by atoms with Gasteiger partial charge in [-0.1, -0.05) is 135 Å². The Labute approximate surface area is 308 Å². The summed E-state index contributed by atoms with van der Waals surface area (Å²) in [5.74, 6) is 0. The SMILES string of the molecule is CC1(C)c2ccccc2-c2c(-c3cccc4c3c3ccccc3n4-c3ccccc3)cc(-c3cccc4c3c3ccccc3n4-c3ccccc3)cc21. The largest absolute Gasteiger partial charge is 0.309 e. The van der Waals surface area contributed by atoms with Crippen LogP contribution in [0, 0.1) is 0 Å². The molecule has 0 bridgehead atoms. The van der Waals surface area contributed by atoms with Gasteiger partial charge in [0, 0.05) is 38.3 Å². The van der Waals surface area contributed by atoms with Crippen molar-refractivity contribution < 1.29 is 0 Å². The Morgan fingerprint density at radius 2 is 0.830 bits per heavy atom. The predicted octanol–water partition coefficient (Wildman–Crippen LogP) is 13.5. The Morgan fingerprint density at radius 3 is 1.45 bits per heavy atom. The molecule has 8 aromatic carbocycles. The first-order chi connectivity index (χ1) is 26.1. The highest BCUT2D eigenvalue weighted by Crippen LogP contribution is 2.55. The molecule has 2 nitrogen and oxygen atoms in total. The zero-order valence-corrected chi connectivity index (χ0v) is 29.7. The van der Waals surface area contributed by atoms with Gasteiger partial charge in [-0.25, -0.2) is 0 Å². The van der Waals surface area contributed by atoms with Crippen molar-refractivity contribution in [2.75, 3.05) is 0 Å². The van der Waals surface area contributed by atoms with E-state index in [9.17, 15) is 0 Å². The summed E-state index contributed by atoms with van der Waals surface area (Å²) in [4.78, 5) is 0. The second-order valence-electron chi connectivity index (χ2n) is 14.9. The Kier molecular flexibility index (Phi) is 6.33. The van der Waals surface area contributed by atoms with Gasteiger partial charge in [-0.3, -0.25) is 0 Å². The van der Waals surface area contributed by atoms with Crippen molar-refractivity contribution >= 4 is 43.6 Å². The molecule has 0 atom stereocenters. The second kappa shape index (κ2) is 11.2. The van der Waals surface area contributed by atoms with Crippen molar-refractivity contribution in [1.82, 2.24) is 9.13 Å². The molecule has 0 spiro atoms. The Bertz CT molecular complexity index is 3070. The third kappa shape index (κ3) is 4.21. The van der Waals surface area contributed by atoms with Gasteiger partial charge in [0.05, 0.1) is 22.1 Å². The summed E-state index contributed by atoms with van der Waals surface area (Å²) in [6.07, 6.45) is 0. The van der Waals surface area contributed by atoms with E-state index in [0.29, 0.717) is 0 Å². The van der Waals surface area contributed by atoms with Gasteiger partial charge >= 0.3 is 0 Å². The molecule has 0 saturated carbocycles. The van der Waals surface area contributed by atoms with Gasteiger partial charge in [-0.2, -0.15) is 0 Å².